The van der Waals surface area contributed by atoms with Gasteiger partial charge < -0.3 is 10.2 Å². The van der Waals surface area contributed by atoms with Crippen molar-refractivity contribution in [3.05, 3.63) is 52.6 Å². The number of nitrogens with one attached hydrogen (secondary N) is 1. The molecule has 0 aliphatic rings. The number of nitrogens with zero attached hydrogens (tertiary/aromatic N) is 2. The van der Waals surface area contributed by atoms with Crippen molar-refractivity contribution in [2.75, 3.05) is 24.3 Å². The lowest BCUT2D eigenvalue weighted by atomic mass is 10.0. The van der Waals surface area contributed by atoms with Crippen LogP contribution in [-0.4, -0.2) is 19.1 Å². The van der Waals surface area contributed by atoms with Crippen molar-refractivity contribution in [1.29, 1.82) is 0 Å². The molecule has 0 bridgehead atoms. The lowest BCUT2D eigenvalue weighted by Crippen LogP contribution is -2.16. The van der Waals surface area contributed by atoms with Gasteiger partial charge in [0, 0.05) is 24.8 Å². The van der Waals surface area contributed by atoms with Crippen LogP contribution in [0.25, 0.3) is 0 Å². The van der Waals surface area contributed by atoms with Crippen LogP contribution in [0.3, 0.4) is 0 Å². The molecule has 0 aliphatic carbocycles. The Balaban J connectivity index is 2.24. The number of benzene rings is 1. The Morgan fingerprint density at radius 1 is 1.20 bits per heavy atom. The molecule has 0 saturated heterocycles. The summed E-state index contributed by atoms with van der Waals surface area (Å²) in [5.74, 6) is 0.961. The summed E-state index contributed by atoms with van der Waals surface area (Å²) in [5.41, 5.74) is 2.34. The number of rotatable bonds is 5. The van der Waals surface area contributed by atoms with Crippen LogP contribution in [0.4, 0.5) is 11.5 Å². The Morgan fingerprint density at radius 3 is 2.50 bits per heavy atom. The van der Waals surface area contributed by atoms with E-state index in [1.54, 1.807) is 0 Å². The van der Waals surface area contributed by atoms with Gasteiger partial charge in [-0.3, -0.25) is 0 Å². The van der Waals surface area contributed by atoms with Crippen LogP contribution < -0.4 is 10.2 Å². The molecule has 1 unspecified atom stereocenters. The van der Waals surface area contributed by atoms with Crippen LogP contribution >= 0.6 is 15.9 Å². The molecule has 1 heterocycles. The van der Waals surface area contributed by atoms with E-state index in [0.29, 0.717) is 0 Å². The molecule has 3 nitrogen and oxygen atoms in total. The van der Waals surface area contributed by atoms with Gasteiger partial charge in [0.2, 0.25) is 0 Å². The maximum atomic E-state index is 4.43. The van der Waals surface area contributed by atoms with E-state index in [2.05, 4.69) is 63.5 Å². The van der Waals surface area contributed by atoms with Gasteiger partial charge in [-0.05, 0) is 36.2 Å². The van der Waals surface area contributed by atoms with E-state index in [-0.39, 0.29) is 6.04 Å². The van der Waals surface area contributed by atoms with Crippen LogP contribution in [0, 0.1) is 0 Å². The topological polar surface area (TPSA) is 28.2 Å². The number of hydrogen-bond donors (Lipinski definition) is 1. The zero-order valence-electron chi connectivity index (χ0n) is 12.1. The molecule has 0 spiro atoms. The molecular formula is C16H20BrN3. The second-order valence-electron chi connectivity index (χ2n) is 4.93. The lowest BCUT2D eigenvalue weighted by Gasteiger charge is -2.23. The Bertz CT molecular complexity index is 552. The maximum Gasteiger partial charge on any atom is 0.151 e. The summed E-state index contributed by atoms with van der Waals surface area (Å²) >= 11 is 3.48. The summed E-state index contributed by atoms with van der Waals surface area (Å²) in [6.45, 7) is 2.19. The third-order valence-electron chi connectivity index (χ3n) is 3.22. The number of halogens is 1. The van der Waals surface area contributed by atoms with Crippen molar-refractivity contribution in [2.24, 2.45) is 0 Å². The smallest absolute Gasteiger partial charge is 0.151 e. The fourth-order valence-corrected chi connectivity index (χ4v) is 2.43. The van der Waals surface area contributed by atoms with Crippen molar-refractivity contribution in [3.8, 4) is 0 Å². The van der Waals surface area contributed by atoms with Crippen LogP contribution in [0.15, 0.2) is 47.1 Å². The average Bonchev–Trinajstić information content (AvgIpc) is 2.46. The minimum Gasteiger partial charge on any atom is -0.375 e. The predicted molar refractivity (Wildman–Crippen MR) is 89.4 cm³/mol. The van der Waals surface area contributed by atoms with E-state index in [4.69, 9.17) is 0 Å². The number of aromatic nitrogens is 1. The molecule has 0 fully saturated rings. The molecule has 0 aliphatic heterocycles. The Labute approximate surface area is 129 Å². The molecule has 20 heavy (non-hydrogen) atoms. The Hall–Kier alpha value is -1.55. The van der Waals surface area contributed by atoms with E-state index in [1.165, 1.54) is 5.56 Å². The fraction of sp³-hybridized carbons (Fsp3) is 0.312. The molecule has 2 aromatic rings. The summed E-state index contributed by atoms with van der Waals surface area (Å²) in [7, 11) is 4.02. The molecule has 1 atom stereocenters. The van der Waals surface area contributed by atoms with Gasteiger partial charge in [-0.15, -0.1) is 0 Å². The molecule has 2 rings (SSSR count). The molecule has 1 aromatic heterocycles. The molecule has 4 heteroatoms. The first kappa shape index (κ1) is 14.9. The van der Waals surface area contributed by atoms with Crippen molar-refractivity contribution in [2.45, 2.75) is 19.4 Å². The van der Waals surface area contributed by atoms with Crippen molar-refractivity contribution >= 4 is 27.4 Å². The highest BCUT2D eigenvalue weighted by Crippen LogP contribution is 2.28. The zero-order chi connectivity index (χ0) is 14.5. The monoisotopic (exact) mass is 333 g/mol. The van der Waals surface area contributed by atoms with Gasteiger partial charge in [-0.1, -0.05) is 35.0 Å². The summed E-state index contributed by atoms with van der Waals surface area (Å²) in [4.78, 5) is 6.45. The van der Waals surface area contributed by atoms with Gasteiger partial charge in [0.1, 0.15) is 0 Å². The standard InChI is InChI=1S/C16H20BrN3/c1-4-14(12-7-9-13(17)10-8-12)19-15-6-5-11-18-16(15)20(2)3/h5-11,14,19H,4H2,1-3H3. The molecule has 0 amide bonds. The van der Waals surface area contributed by atoms with E-state index in [0.717, 1.165) is 22.4 Å². The summed E-state index contributed by atoms with van der Waals surface area (Å²) < 4.78 is 1.10. The van der Waals surface area contributed by atoms with Crippen molar-refractivity contribution in [1.82, 2.24) is 4.98 Å². The maximum absolute atomic E-state index is 4.43. The van der Waals surface area contributed by atoms with Crippen LogP contribution in [-0.2, 0) is 0 Å². The highest BCUT2D eigenvalue weighted by atomic mass is 79.9. The van der Waals surface area contributed by atoms with Gasteiger partial charge in [0.05, 0.1) is 11.7 Å². The quantitative estimate of drug-likeness (QED) is 0.874. The number of pyridine rings is 1. The summed E-state index contributed by atoms with van der Waals surface area (Å²) in [6, 6.07) is 12.8. The fourth-order valence-electron chi connectivity index (χ4n) is 2.17. The van der Waals surface area contributed by atoms with E-state index in [9.17, 15) is 0 Å². The number of hydrogen-bond acceptors (Lipinski definition) is 3. The van der Waals surface area contributed by atoms with Gasteiger partial charge in [0.25, 0.3) is 0 Å². The minimum atomic E-state index is 0.283. The minimum absolute atomic E-state index is 0.283. The third-order valence-corrected chi connectivity index (χ3v) is 3.75. The first-order valence-corrected chi connectivity index (χ1v) is 7.55. The highest BCUT2D eigenvalue weighted by Gasteiger charge is 2.12. The van der Waals surface area contributed by atoms with Gasteiger partial charge in [-0.2, -0.15) is 0 Å². The Morgan fingerprint density at radius 2 is 1.90 bits per heavy atom. The van der Waals surface area contributed by atoms with E-state index < -0.39 is 0 Å². The zero-order valence-corrected chi connectivity index (χ0v) is 13.7. The molecule has 1 N–H and O–H groups in total. The molecule has 0 radical (unpaired) electrons. The summed E-state index contributed by atoms with van der Waals surface area (Å²) in [6.07, 6.45) is 2.84. The molecule has 106 valence electrons. The second-order valence-corrected chi connectivity index (χ2v) is 5.84. The normalized spacial score (nSPS) is 12.0. The lowest BCUT2D eigenvalue weighted by molar-refractivity contribution is 0.748. The Kier molecular flexibility index (Phi) is 5.01. The first-order valence-electron chi connectivity index (χ1n) is 6.76. The van der Waals surface area contributed by atoms with Crippen molar-refractivity contribution < 1.29 is 0 Å². The van der Waals surface area contributed by atoms with Crippen LogP contribution in [0.2, 0.25) is 0 Å². The van der Waals surface area contributed by atoms with Gasteiger partial charge in [-0.25, -0.2) is 4.98 Å². The van der Waals surface area contributed by atoms with E-state index >= 15 is 0 Å². The van der Waals surface area contributed by atoms with E-state index in [1.807, 2.05) is 31.3 Å². The summed E-state index contributed by atoms with van der Waals surface area (Å²) in [5, 5.41) is 3.59. The second kappa shape index (κ2) is 6.75. The highest BCUT2D eigenvalue weighted by molar-refractivity contribution is 9.10. The van der Waals surface area contributed by atoms with Gasteiger partial charge in [0.15, 0.2) is 5.82 Å². The van der Waals surface area contributed by atoms with Crippen LogP contribution in [0.1, 0.15) is 24.9 Å². The number of anilines is 2. The van der Waals surface area contributed by atoms with Gasteiger partial charge >= 0.3 is 0 Å². The molecule has 0 saturated carbocycles. The predicted octanol–water partition coefficient (Wildman–Crippen LogP) is 4.47. The molecular weight excluding hydrogens is 314 g/mol. The van der Waals surface area contributed by atoms with Crippen LogP contribution in [0.5, 0.6) is 0 Å². The third kappa shape index (κ3) is 3.51. The average molecular weight is 334 g/mol. The van der Waals surface area contributed by atoms with Crippen molar-refractivity contribution in [3.63, 3.8) is 0 Å². The first-order chi connectivity index (χ1) is 9.61. The SMILES string of the molecule is CCC(Nc1cccnc1N(C)C)c1ccc(Br)cc1. The largest absolute Gasteiger partial charge is 0.375 e. The molecule has 1 aromatic carbocycles.